The molecule has 3 aromatic rings. The maximum atomic E-state index is 4.17. The average Bonchev–Trinajstić information content (AvgIpc) is 3.17. The van der Waals surface area contributed by atoms with Gasteiger partial charge in [-0.1, -0.05) is 6.07 Å². The highest BCUT2D eigenvalue weighted by Gasteiger charge is 2.05. The molecule has 0 saturated heterocycles. The number of H-pyrrole nitrogens is 1. The SMILES string of the molecule is CN=C(NCc1ccn[nH]1)NCc1nnc2ccccn12.I. The predicted molar refractivity (Wildman–Crippen MR) is 94.0 cm³/mol. The molecule has 0 atom stereocenters. The third kappa shape index (κ3) is 3.72. The summed E-state index contributed by atoms with van der Waals surface area (Å²) in [6.07, 6.45) is 3.66. The van der Waals surface area contributed by atoms with Crippen LogP contribution in [-0.4, -0.2) is 37.8 Å². The number of hydrogen-bond acceptors (Lipinski definition) is 4. The van der Waals surface area contributed by atoms with Gasteiger partial charge in [0.25, 0.3) is 0 Å². The lowest BCUT2D eigenvalue weighted by Gasteiger charge is -2.10. The predicted octanol–water partition coefficient (Wildman–Crippen LogP) is 0.936. The van der Waals surface area contributed by atoms with Gasteiger partial charge in [-0.3, -0.25) is 14.5 Å². The van der Waals surface area contributed by atoms with Crippen LogP contribution in [0.1, 0.15) is 11.5 Å². The van der Waals surface area contributed by atoms with E-state index in [2.05, 4.69) is 36.0 Å². The van der Waals surface area contributed by atoms with Crippen molar-refractivity contribution in [3.8, 4) is 0 Å². The second kappa shape index (κ2) is 7.73. The van der Waals surface area contributed by atoms with Crippen molar-refractivity contribution >= 4 is 35.6 Å². The molecule has 9 heteroatoms. The van der Waals surface area contributed by atoms with E-state index in [0.29, 0.717) is 19.0 Å². The number of halogens is 1. The molecule has 0 radical (unpaired) electrons. The molecule has 0 aromatic carbocycles. The highest BCUT2D eigenvalue weighted by atomic mass is 127. The summed E-state index contributed by atoms with van der Waals surface area (Å²) in [7, 11) is 1.73. The average molecular weight is 412 g/mol. The number of hydrogen-bond donors (Lipinski definition) is 3. The smallest absolute Gasteiger partial charge is 0.191 e. The first-order valence-corrected chi connectivity index (χ1v) is 6.58. The quantitative estimate of drug-likeness (QED) is 0.337. The minimum Gasteiger partial charge on any atom is -0.351 e. The molecule has 22 heavy (non-hydrogen) atoms. The summed E-state index contributed by atoms with van der Waals surface area (Å²) in [4.78, 5) is 4.17. The number of nitrogens with one attached hydrogen (secondary N) is 3. The van der Waals surface area contributed by atoms with Crippen LogP contribution < -0.4 is 10.6 Å². The third-order valence-corrected chi connectivity index (χ3v) is 3.03. The number of rotatable bonds is 4. The van der Waals surface area contributed by atoms with Crippen LogP contribution in [-0.2, 0) is 13.1 Å². The molecule has 3 rings (SSSR count). The lowest BCUT2D eigenvalue weighted by molar-refractivity contribution is 0.754. The van der Waals surface area contributed by atoms with Crippen LogP contribution in [0.15, 0.2) is 41.7 Å². The van der Waals surface area contributed by atoms with Crippen LogP contribution in [0.5, 0.6) is 0 Å². The Morgan fingerprint density at radius 2 is 2.09 bits per heavy atom. The van der Waals surface area contributed by atoms with Crippen molar-refractivity contribution in [2.24, 2.45) is 4.99 Å². The second-order valence-electron chi connectivity index (χ2n) is 4.41. The molecule has 3 N–H and O–H groups in total. The molecular formula is C13H17IN8. The summed E-state index contributed by atoms with van der Waals surface area (Å²) in [5.41, 5.74) is 1.82. The van der Waals surface area contributed by atoms with Crippen molar-refractivity contribution in [1.82, 2.24) is 35.4 Å². The Morgan fingerprint density at radius 3 is 2.86 bits per heavy atom. The van der Waals surface area contributed by atoms with E-state index in [0.717, 1.165) is 17.2 Å². The number of pyridine rings is 1. The summed E-state index contributed by atoms with van der Waals surface area (Å²) in [5, 5.41) is 21.5. The molecule has 0 fully saturated rings. The Labute approximate surface area is 144 Å². The summed E-state index contributed by atoms with van der Waals surface area (Å²) in [6.45, 7) is 1.16. The Bertz CT molecular complexity index is 733. The van der Waals surface area contributed by atoms with Gasteiger partial charge in [0.1, 0.15) is 0 Å². The summed E-state index contributed by atoms with van der Waals surface area (Å²) in [6, 6.07) is 7.71. The maximum absolute atomic E-state index is 4.17. The molecule has 3 heterocycles. The normalized spacial score (nSPS) is 11.2. The number of aromatic nitrogens is 5. The standard InChI is InChI=1S/C13H16N8.HI/c1-14-13(15-8-10-5-6-17-18-10)16-9-12-20-19-11-4-2-3-7-21(11)12;/h2-7H,8-9H2,1H3,(H,17,18)(H2,14,15,16);1H. The Balaban J connectivity index is 0.00000176. The van der Waals surface area contributed by atoms with E-state index in [1.807, 2.05) is 34.9 Å². The van der Waals surface area contributed by atoms with Gasteiger partial charge in [0, 0.05) is 19.4 Å². The molecule has 0 aliphatic rings. The number of guanidine groups is 1. The van der Waals surface area contributed by atoms with Crippen molar-refractivity contribution < 1.29 is 0 Å². The first-order chi connectivity index (χ1) is 10.4. The van der Waals surface area contributed by atoms with E-state index >= 15 is 0 Å². The van der Waals surface area contributed by atoms with Crippen LogP contribution in [0.4, 0.5) is 0 Å². The van der Waals surface area contributed by atoms with E-state index in [1.165, 1.54) is 0 Å². The van der Waals surface area contributed by atoms with Gasteiger partial charge in [0.2, 0.25) is 0 Å². The minimum absolute atomic E-state index is 0. The van der Waals surface area contributed by atoms with Gasteiger partial charge >= 0.3 is 0 Å². The lowest BCUT2D eigenvalue weighted by atomic mass is 10.4. The Morgan fingerprint density at radius 1 is 1.23 bits per heavy atom. The molecule has 0 bridgehead atoms. The maximum Gasteiger partial charge on any atom is 0.191 e. The van der Waals surface area contributed by atoms with Crippen LogP contribution in [0.3, 0.4) is 0 Å². The number of aromatic amines is 1. The van der Waals surface area contributed by atoms with Crippen molar-refractivity contribution in [2.75, 3.05) is 7.05 Å². The first-order valence-electron chi connectivity index (χ1n) is 6.58. The van der Waals surface area contributed by atoms with Gasteiger partial charge in [-0.15, -0.1) is 34.2 Å². The summed E-state index contributed by atoms with van der Waals surface area (Å²) >= 11 is 0. The molecule has 0 saturated carbocycles. The molecule has 0 unspecified atom stereocenters. The monoisotopic (exact) mass is 412 g/mol. The lowest BCUT2D eigenvalue weighted by Crippen LogP contribution is -2.36. The minimum atomic E-state index is 0. The molecular weight excluding hydrogens is 395 g/mol. The van der Waals surface area contributed by atoms with Crippen molar-refractivity contribution in [2.45, 2.75) is 13.1 Å². The van der Waals surface area contributed by atoms with Crippen LogP contribution in [0, 0.1) is 0 Å². The van der Waals surface area contributed by atoms with Crippen LogP contribution >= 0.6 is 24.0 Å². The van der Waals surface area contributed by atoms with E-state index in [-0.39, 0.29) is 24.0 Å². The first kappa shape index (κ1) is 16.2. The zero-order valence-corrected chi connectivity index (χ0v) is 14.4. The zero-order chi connectivity index (χ0) is 14.5. The second-order valence-corrected chi connectivity index (χ2v) is 4.41. The molecule has 0 aliphatic carbocycles. The fraction of sp³-hybridized carbons (Fsp3) is 0.231. The Hall–Kier alpha value is -2.17. The van der Waals surface area contributed by atoms with Crippen molar-refractivity contribution in [1.29, 1.82) is 0 Å². The molecule has 0 aliphatic heterocycles. The zero-order valence-electron chi connectivity index (χ0n) is 12.0. The topological polar surface area (TPSA) is 95.3 Å². The van der Waals surface area contributed by atoms with Gasteiger partial charge in [0.05, 0.1) is 18.8 Å². The van der Waals surface area contributed by atoms with Crippen LogP contribution in [0.25, 0.3) is 5.65 Å². The highest BCUT2D eigenvalue weighted by Crippen LogP contribution is 2.02. The van der Waals surface area contributed by atoms with Gasteiger partial charge < -0.3 is 10.6 Å². The van der Waals surface area contributed by atoms with E-state index in [9.17, 15) is 0 Å². The molecule has 0 spiro atoms. The van der Waals surface area contributed by atoms with Crippen molar-refractivity contribution in [3.05, 3.63) is 48.2 Å². The molecule has 0 amide bonds. The Kier molecular flexibility index (Phi) is 5.69. The fourth-order valence-electron chi connectivity index (χ4n) is 1.96. The summed E-state index contributed by atoms with van der Waals surface area (Å²) in [5.74, 6) is 1.52. The van der Waals surface area contributed by atoms with Gasteiger partial charge in [-0.25, -0.2) is 0 Å². The van der Waals surface area contributed by atoms with Crippen LogP contribution in [0.2, 0.25) is 0 Å². The number of fused-ring (bicyclic) bond motifs is 1. The number of nitrogens with zero attached hydrogens (tertiary/aromatic N) is 5. The van der Waals surface area contributed by atoms with Gasteiger partial charge in [-0.05, 0) is 18.2 Å². The molecule has 3 aromatic heterocycles. The van der Waals surface area contributed by atoms with Gasteiger partial charge in [0.15, 0.2) is 17.4 Å². The fourth-order valence-corrected chi connectivity index (χ4v) is 1.96. The highest BCUT2D eigenvalue weighted by molar-refractivity contribution is 14.0. The van der Waals surface area contributed by atoms with E-state index in [4.69, 9.17) is 0 Å². The van der Waals surface area contributed by atoms with Gasteiger partial charge in [-0.2, -0.15) is 5.10 Å². The van der Waals surface area contributed by atoms with E-state index < -0.39 is 0 Å². The van der Waals surface area contributed by atoms with Crippen molar-refractivity contribution in [3.63, 3.8) is 0 Å². The summed E-state index contributed by atoms with van der Waals surface area (Å²) < 4.78 is 1.94. The number of aliphatic imine (C=N–C) groups is 1. The molecule has 8 nitrogen and oxygen atoms in total. The largest absolute Gasteiger partial charge is 0.351 e. The third-order valence-electron chi connectivity index (χ3n) is 3.03. The van der Waals surface area contributed by atoms with E-state index in [1.54, 1.807) is 13.2 Å². The molecule has 116 valence electrons.